The van der Waals surface area contributed by atoms with Crippen LogP contribution in [0, 0.1) is 0 Å². The monoisotopic (exact) mass is 280 g/mol. The van der Waals surface area contributed by atoms with Gasteiger partial charge in [0.25, 0.3) is 0 Å². The Morgan fingerprint density at radius 3 is 2.52 bits per heavy atom. The molecule has 0 amide bonds. The number of hydrogen-bond acceptors (Lipinski definition) is 2. The summed E-state index contributed by atoms with van der Waals surface area (Å²) in [6.07, 6.45) is 0.537. The molecule has 1 aromatic heterocycles. The maximum Gasteiger partial charge on any atom is 0.303 e. The van der Waals surface area contributed by atoms with Crippen LogP contribution in [-0.4, -0.2) is 20.6 Å². The maximum absolute atomic E-state index is 10.8. The average molecular weight is 280 g/mol. The second-order valence-electron chi connectivity index (χ2n) is 4.98. The number of hydrogen-bond donors (Lipinski definition) is 1. The summed E-state index contributed by atoms with van der Waals surface area (Å²) in [5, 5.41) is 8.89. The topological polar surface area (TPSA) is 55.1 Å². The minimum Gasteiger partial charge on any atom is -0.481 e. The fourth-order valence-electron chi connectivity index (χ4n) is 2.48. The SMILES string of the molecule is O=C(O)CCc1nc2ccccc2n1Cc1ccccc1. The normalized spacial score (nSPS) is 10.9. The number of para-hydroxylation sites is 2. The van der Waals surface area contributed by atoms with Crippen molar-refractivity contribution in [3.05, 3.63) is 66.0 Å². The highest BCUT2D eigenvalue weighted by Gasteiger charge is 2.12. The highest BCUT2D eigenvalue weighted by molar-refractivity contribution is 5.76. The summed E-state index contributed by atoms with van der Waals surface area (Å²) < 4.78 is 2.10. The predicted molar refractivity (Wildman–Crippen MR) is 81.2 cm³/mol. The molecule has 0 saturated carbocycles. The fourth-order valence-corrected chi connectivity index (χ4v) is 2.48. The number of aliphatic carboxylic acids is 1. The molecular formula is C17H16N2O2. The molecule has 21 heavy (non-hydrogen) atoms. The Hall–Kier alpha value is -2.62. The molecule has 3 aromatic rings. The van der Waals surface area contributed by atoms with Gasteiger partial charge >= 0.3 is 5.97 Å². The molecule has 0 unspecified atom stereocenters. The van der Waals surface area contributed by atoms with E-state index in [1.165, 1.54) is 5.56 Å². The molecule has 3 rings (SSSR count). The van der Waals surface area contributed by atoms with Gasteiger partial charge in [0.15, 0.2) is 0 Å². The molecule has 0 fully saturated rings. The fraction of sp³-hybridized carbons (Fsp3) is 0.176. The first-order valence-electron chi connectivity index (χ1n) is 6.94. The molecule has 4 heteroatoms. The quantitative estimate of drug-likeness (QED) is 0.781. The Morgan fingerprint density at radius 1 is 1.05 bits per heavy atom. The van der Waals surface area contributed by atoms with Gasteiger partial charge in [-0.05, 0) is 17.7 Å². The Morgan fingerprint density at radius 2 is 1.76 bits per heavy atom. The lowest BCUT2D eigenvalue weighted by Gasteiger charge is -2.08. The van der Waals surface area contributed by atoms with E-state index in [1.807, 2.05) is 42.5 Å². The molecule has 0 atom stereocenters. The minimum atomic E-state index is -0.798. The first-order chi connectivity index (χ1) is 10.2. The lowest BCUT2D eigenvalue weighted by atomic mass is 10.2. The summed E-state index contributed by atoms with van der Waals surface area (Å²) in [4.78, 5) is 15.4. The first-order valence-corrected chi connectivity index (χ1v) is 6.94. The van der Waals surface area contributed by atoms with Crippen LogP contribution in [0.3, 0.4) is 0 Å². The molecule has 0 aliphatic carbocycles. The van der Waals surface area contributed by atoms with E-state index in [9.17, 15) is 4.79 Å². The van der Waals surface area contributed by atoms with Gasteiger partial charge in [0, 0.05) is 13.0 Å². The highest BCUT2D eigenvalue weighted by atomic mass is 16.4. The Kier molecular flexibility index (Phi) is 3.69. The van der Waals surface area contributed by atoms with Crippen LogP contribution in [0.25, 0.3) is 11.0 Å². The van der Waals surface area contributed by atoms with Crippen LogP contribution in [0.2, 0.25) is 0 Å². The standard InChI is InChI=1S/C17H16N2O2/c20-17(21)11-10-16-18-14-8-4-5-9-15(14)19(16)12-13-6-2-1-3-7-13/h1-9H,10-12H2,(H,20,21). The third-order valence-corrected chi connectivity index (χ3v) is 3.48. The lowest BCUT2D eigenvalue weighted by Crippen LogP contribution is -2.07. The van der Waals surface area contributed by atoms with Crippen molar-refractivity contribution in [1.82, 2.24) is 9.55 Å². The minimum absolute atomic E-state index is 0.0953. The van der Waals surface area contributed by atoms with Gasteiger partial charge in [-0.3, -0.25) is 4.79 Å². The zero-order valence-corrected chi connectivity index (χ0v) is 11.6. The van der Waals surface area contributed by atoms with Crippen LogP contribution in [0.4, 0.5) is 0 Å². The Bertz CT molecular complexity index is 763. The predicted octanol–water partition coefficient (Wildman–Crippen LogP) is 3.10. The number of benzene rings is 2. The third-order valence-electron chi connectivity index (χ3n) is 3.48. The van der Waals surface area contributed by atoms with E-state index in [0.29, 0.717) is 13.0 Å². The van der Waals surface area contributed by atoms with Crippen LogP contribution < -0.4 is 0 Å². The summed E-state index contributed by atoms with van der Waals surface area (Å²) in [5.74, 6) is 0.0239. The molecule has 0 aliphatic heterocycles. The molecule has 0 bridgehead atoms. The highest BCUT2D eigenvalue weighted by Crippen LogP contribution is 2.19. The molecule has 0 aliphatic rings. The molecule has 4 nitrogen and oxygen atoms in total. The number of carbonyl (C=O) groups is 1. The van der Waals surface area contributed by atoms with E-state index < -0.39 is 5.97 Å². The van der Waals surface area contributed by atoms with Crippen molar-refractivity contribution in [2.45, 2.75) is 19.4 Å². The van der Waals surface area contributed by atoms with Gasteiger partial charge in [0.05, 0.1) is 17.5 Å². The Balaban J connectivity index is 2.00. The van der Waals surface area contributed by atoms with Gasteiger partial charge in [-0.2, -0.15) is 0 Å². The molecule has 1 heterocycles. The number of aromatic nitrogens is 2. The zero-order chi connectivity index (χ0) is 14.7. The second-order valence-corrected chi connectivity index (χ2v) is 4.98. The van der Waals surface area contributed by atoms with E-state index in [2.05, 4.69) is 21.7 Å². The van der Waals surface area contributed by atoms with Gasteiger partial charge in [0.1, 0.15) is 5.82 Å². The second kappa shape index (κ2) is 5.79. The van der Waals surface area contributed by atoms with Crippen molar-refractivity contribution in [3.63, 3.8) is 0 Å². The number of imidazole rings is 1. The maximum atomic E-state index is 10.8. The summed E-state index contributed by atoms with van der Waals surface area (Å²) in [6.45, 7) is 0.705. The van der Waals surface area contributed by atoms with Gasteiger partial charge in [0.2, 0.25) is 0 Å². The van der Waals surface area contributed by atoms with Crippen molar-refractivity contribution < 1.29 is 9.90 Å². The number of carboxylic acid groups (broad SMARTS) is 1. The molecule has 106 valence electrons. The van der Waals surface area contributed by atoms with Crippen LogP contribution in [0.15, 0.2) is 54.6 Å². The summed E-state index contributed by atoms with van der Waals surface area (Å²) in [7, 11) is 0. The third kappa shape index (κ3) is 2.94. The largest absolute Gasteiger partial charge is 0.481 e. The summed E-state index contributed by atoms with van der Waals surface area (Å²) in [5.41, 5.74) is 3.13. The van der Waals surface area contributed by atoms with Crippen LogP contribution in [0.5, 0.6) is 0 Å². The first kappa shape index (κ1) is 13.4. The summed E-state index contributed by atoms with van der Waals surface area (Å²) in [6, 6.07) is 18.0. The van der Waals surface area contributed by atoms with Gasteiger partial charge in [-0.15, -0.1) is 0 Å². The van der Waals surface area contributed by atoms with Crippen molar-refractivity contribution >= 4 is 17.0 Å². The number of nitrogens with zero attached hydrogens (tertiary/aromatic N) is 2. The van der Waals surface area contributed by atoms with Crippen molar-refractivity contribution in [1.29, 1.82) is 0 Å². The van der Waals surface area contributed by atoms with Crippen molar-refractivity contribution in [2.75, 3.05) is 0 Å². The van der Waals surface area contributed by atoms with E-state index in [4.69, 9.17) is 5.11 Å². The zero-order valence-electron chi connectivity index (χ0n) is 11.6. The van der Waals surface area contributed by atoms with Gasteiger partial charge < -0.3 is 9.67 Å². The van der Waals surface area contributed by atoms with Crippen molar-refractivity contribution in [2.24, 2.45) is 0 Å². The van der Waals surface area contributed by atoms with Crippen LogP contribution in [0.1, 0.15) is 17.8 Å². The number of fused-ring (bicyclic) bond motifs is 1. The van der Waals surface area contributed by atoms with Crippen LogP contribution in [-0.2, 0) is 17.8 Å². The van der Waals surface area contributed by atoms with E-state index in [1.54, 1.807) is 0 Å². The van der Waals surface area contributed by atoms with E-state index >= 15 is 0 Å². The Labute approximate surface area is 122 Å². The molecule has 0 spiro atoms. The molecule has 2 aromatic carbocycles. The lowest BCUT2D eigenvalue weighted by molar-refractivity contribution is -0.137. The molecule has 0 saturated heterocycles. The van der Waals surface area contributed by atoms with E-state index in [0.717, 1.165) is 16.9 Å². The summed E-state index contributed by atoms with van der Waals surface area (Å²) >= 11 is 0. The number of aryl methyl sites for hydroxylation is 1. The molecule has 1 N–H and O–H groups in total. The van der Waals surface area contributed by atoms with Crippen LogP contribution >= 0.6 is 0 Å². The smallest absolute Gasteiger partial charge is 0.303 e. The molecular weight excluding hydrogens is 264 g/mol. The van der Waals surface area contributed by atoms with E-state index in [-0.39, 0.29) is 6.42 Å². The van der Waals surface area contributed by atoms with Crippen molar-refractivity contribution in [3.8, 4) is 0 Å². The van der Waals surface area contributed by atoms with Gasteiger partial charge in [-0.25, -0.2) is 4.98 Å². The number of rotatable bonds is 5. The molecule has 0 radical (unpaired) electrons. The van der Waals surface area contributed by atoms with Gasteiger partial charge in [-0.1, -0.05) is 42.5 Å². The number of carboxylic acids is 1. The average Bonchev–Trinajstić information content (AvgIpc) is 2.84.